The number of rotatable bonds is 16. The first-order valence-electron chi connectivity index (χ1n) is 27.7. The molecule has 3 N–H and O–H groups in total. The van der Waals surface area contributed by atoms with Crippen molar-refractivity contribution in [1.29, 1.82) is 0 Å². The number of nitrogens with one attached hydrogen (secondary N) is 3. The summed E-state index contributed by atoms with van der Waals surface area (Å²) < 4.78 is 35.2. The molecule has 0 unspecified atom stereocenters. The maximum Gasteiger partial charge on any atom is 1.00 e. The van der Waals surface area contributed by atoms with E-state index in [0.29, 0.717) is 40.0 Å². The van der Waals surface area contributed by atoms with Gasteiger partial charge in [-0.3, -0.25) is 34.8 Å². The number of hydrogen-bond donors (Lipinski definition) is 3. The molecule has 3 amide bonds. The predicted molar refractivity (Wildman–Crippen MR) is 351 cm³/mol. The Kier molecular flexibility index (Phi) is 35.3. The number of carbonyl (C=O) groups is 5. The Bertz CT molecular complexity index is 2940. The minimum absolute atomic E-state index is 0. The van der Waals surface area contributed by atoms with Gasteiger partial charge in [-0.2, -0.15) is 0 Å². The van der Waals surface area contributed by atoms with E-state index in [2.05, 4.69) is 133 Å². The van der Waals surface area contributed by atoms with Crippen molar-refractivity contribution >= 4 is 130 Å². The van der Waals surface area contributed by atoms with Gasteiger partial charge in [0.15, 0.2) is 0 Å². The molecular formula is C61H85B2Br4ClK2N4O13. The third-order valence-corrected chi connectivity index (χ3v) is 17.8. The van der Waals surface area contributed by atoms with Gasteiger partial charge in [-0.25, -0.2) is 10.4 Å². The van der Waals surface area contributed by atoms with E-state index in [0.717, 1.165) is 39.8 Å². The standard InChI is InChI=1S/C30H41BBr2N2O5.C16H26N2O2.C14H16BBr2ClO3.CH2O3.2K.H/c1-11-24(28(3,4)5)35(34-26(36)20-13-12-14-23(38-10)18(20)2)27(37)19-15-16-21(25(32)33)22(17-19)31-39-29(6,7)30(8,9)40-31;1-7-14(16(3,4)5)17-18-15(19)12-9-8-10-13(20-6)11(12)2;1-13(2)14(3,4)21-15(20-13)10-7-8(12(18)19)5-6-9(10)11(16)17;2-1-4-3;;;/h12-17,24-25H,11H2,1-10H3,(H,34,36);8-10,14,17H,7H2,1-6H3,(H,18,19);5-7,11H,1-4H3;1,3H;;;/q;;;;2*+1;-1/p-1/t24-;14-;;;;;/m11...../s1. The number of hydrazine groups is 2. The minimum atomic E-state index is -0.669. The van der Waals surface area contributed by atoms with Crippen LogP contribution in [-0.2, 0) is 28.3 Å². The Morgan fingerprint density at radius 2 is 1.03 bits per heavy atom. The van der Waals surface area contributed by atoms with Crippen LogP contribution >= 0.6 is 75.3 Å². The molecule has 2 aliphatic rings. The molecule has 0 aromatic heterocycles. The Morgan fingerprint density at radius 1 is 0.655 bits per heavy atom. The zero-order valence-corrected chi connectivity index (χ0v) is 67.9. The fourth-order valence-electron chi connectivity index (χ4n) is 9.23. The van der Waals surface area contributed by atoms with E-state index in [9.17, 15) is 19.2 Å². The van der Waals surface area contributed by atoms with Crippen LogP contribution in [0.25, 0.3) is 0 Å². The molecule has 0 saturated carbocycles. The van der Waals surface area contributed by atoms with Crippen LogP contribution in [0.5, 0.6) is 11.5 Å². The second-order valence-corrected chi connectivity index (χ2v) is 31.0. The molecular weight excluding hydrogens is 1450 g/mol. The van der Waals surface area contributed by atoms with Crippen molar-refractivity contribution in [1.82, 2.24) is 21.3 Å². The van der Waals surface area contributed by atoms with E-state index in [4.69, 9.17) is 49.7 Å². The number of amides is 3. The number of ether oxygens (including phenoxy) is 2. The van der Waals surface area contributed by atoms with Crippen molar-refractivity contribution in [3.63, 3.8) is 0 Å². The molecule has 4 aromatic carbocycles. The van der Waals surface area contributed by atoms with E-state index in [1.165, 1.54) is 5.01 Å². The van der Waals surface area contributed by atoms with Gasteiger partial charge >= 0.3 is 117 Å². The summed E-state index contributed by atoms with van der Waals surface area (Å²) in [4.78, 5) is 62.7. The zero-order valence-electron chi connectivity index (χ0n) is 55.5. The summed E-state index contributed by atoms with van der Waals surface area (Å²) in [5, 5.41) is 9.41. The molecule has 2 heterocycles. The smallest absolute Gasteiger partial charge is 1.00 e. The van der Waals surface area contributed by atoms with E-state index in [1.807, 2.05) is 100 Å². The first-order chi connectivity index (χ1) is 39.2. The summed E-state index contributed by atoms with van der Waals surface area (Å²) in [6.45, 7) is 36.2. The van der Waals surface area contributed by atoms with E-state index in [1.54, 1.807) is 62.8 Å². The van der Waals surface area contributed by atoms with E-state index < -0.39 is 41.9 Å². The van der Waals surface area contributed by atoms with Crippen molar-refractivity contribution in [3.8, 4) is 11.5 Å². The SMILES string of the molecule is CC1(C)OB(c2cc(C(=O)Cl)ccc2C(Br)Br)OC1(C)C.CC[C@@H](N(NC(=O)c1cccc(OC)c1C)C(=O)c1ccc(C(Br)Br)c(B2OC(C)(C)C(C)(C)O2)c1)C(C)(C)C.CC[C@@H](NNC(=O)c1cccc(OC)c1C)C(C)(C)C.O=CO[O-].[H-].[K+].[K+]. The topological polar surface area (TPSA) is 212 Å². The number of carbonyl (C=O) groups excluding carboxylic acids is 5. The van der Waals surface area contributed by atoms with Crippen LogP contribution < -0.4 is 145 Å². The molecule has 4 aromatic rings. The summed E-state index contributed by atoms with van der Waals surface area (Å²) >= 11 is 19.8. The van der Waals surface area contributed by atoms with Crippen LogP contribution in [0.15, 0.2) is 72.8 Å². The molecule has 17 nitrogen and oxygen atoms in total. The Morgan fingerprint density at radius 3 is 1.36 bits per heavy atom. The Hall–Kier alpha value is -0.597. The van der Waals surface area contributed by atoms with Gasteiger partial charge in [0.25, 0.3) is 29.4 Å². The predicted octanol–water partition coefficient (Wildman–Crippen LogP) is 6.47. The van der Waals surface area contributed by atoms with Gasteiger partial charge in [-0.1, -0.05) is 143 Å². The molecule has 0 aliphatic carbocycles. The maximum absolute atomic E-state index is 14.3. The third-order valence-electron chi connectivity index (χ3n) is 15.6. The first-order valence-corrected chi connectivity index (χ1v) is 31.7. The van der Waals surface area contributed by atoms with Crippen LogP contribution in [0, 0.1) is 24.7 Å². The van der Waals surface area contributed by atoms with Crippen LogP contribution in [0.4, 0.5) is 0 Å². The Balaban J connectivity index is 0.00000133. The largest absolute Gasteiger partial charge is 1.00 e. The number of nitrogens with zero attached hydrogens (tertiary/aromatic N) is 1. The number of hydrogen-bond acceptors (Lipinski definition) is 14. The van der Waals surface area contributed by atoms with Crippen molar-refractivity contribution in [2.45, 2.75) is 179 Å². The molecule has 2 fully saturated rings. The molecule has 6 rings (SSSR count). The molecule has 2 atom stereocenters. The van der Waals surface area contributed by atoms with Gasteiger partial charge in [0.05, 0.1) is 50.1 Å². The summed E-state index contributed by atoms with van der Waals surface area (Å²) in [6.07, 6.45) is 1.58. The van der Waals surface area contributed by atoms with Crippen LogP contribution in [-0.4, -0.2) is 97.4 Å². The molecule has 0 bridgehead atoms. The van der Waals surface area contributed by atoms with E-state index in [-0.39, 0.29) is 159 Å². The van der Waals surface area contributed by atoms with Crippen molar-refractivity contribution in [2.24, 2.45) is 10.8 Å². The summed E-state index contributed by atoms with van der Waals surface area (Å²) in [5.41, 5.74) is 13.5. The average Bonchev–Trinajstić information content (AvgIpc) is 1.79. The first kappa shape index (κ1) is 84.4. The normalized spacial score (nSPS) is 15.9. The average molecular weight is 1540 g/mol. The summed E-state index contributed by atoms with van der Waals surface area (Å²) in [7, 11) is 1.96. The minimum Gasteiger partial charge on any atom is -1.00 e. The van der Waals surface area contributed by atoms with Gasteiger partial charge in [-0.05, 0) is 175 Å². The van der Waals surface area contributed by atoms with Crippen molar-refractivity contribution in [3.05, 3.63) is 117 Å². The van der Waals surface area contributed by atoms with Crippen molar-refractivity contribution < 1.29 is 166 Å². The third kappa shape index (κ3) is 22.8. The molecule has 2 saturated heterocycles. The van der Waals surface area contributed by atoms with Crippen LogP contribution in [0.2, 0.25) is 0 Å². The number of methoxy groups -OCH3 is 2. The summed E-state index contributed by atoms with van der Waals surface area (Å²) in [6, 6.07) is 21.4. The van der Waals surface area contributed by atoms with Crippen LogP contribution in [0.1, 0.15) is 196 Å². The van der Waals surface area contributed by atoms with Gasteiger partial charge in [-0.15, -0.1) is 0 Å². The molecule has 0 radical (unpaired) electrons. The number of halogens is 5. The maximum atomic E-state index is 14.3. The molecule has 2 aliphatic heterocycles. The molecule has 0 spiro atoms. The monoisotopic (exact) mass is 1530 g/mol. The zero-order chi connectivity index (χ0) is 65.0. The Labute approximate surface area is 642 Å². The van der Waals surface area contributed by atoms with Gasteiger partial charge < -0.3 is 39.7 Å². The van der Waals surface area contributed by atoms with Crippen molar-refractivity contribution in [2.75, 3.05) is 14.2 Å². The second kappa shape index (κ2) is 36.3. The molecule has 26 heteroatoms. The quantitative estimate of drug-likeness (QED) is 0.0274. The van der Waals surface area contributed by atoms with Gasteiger partial charge in [0.2, 0.25) is 0 Å². The van der Waals surface area contributed by atoms with Gasteiger partial charge in [0.1, 0.15) is 11.5 Å². The van der Waals surface area contributed by atoms with Gasteiger partial charge in [0, 0.05) is 39.4 Å². The fourth-order valence-corrected chi connectivity index (χ4v) is 11.0. The number of benzene rings is 4. The molecule has 87 heavy (non-hydrogen) atoms. The van der Waals surface area contributed by atoms with E-state index >= 15 is 0 Å². The summed E-state index contributed by atoms with van der Waals surface area (Å²) in [5.74, 6) is 0.497. The fraction of sp³-hybridized carbons (Fsp3) is 0.525. The molecule has 470 valence electrons. The second-order valence-electron chi connectivity index (χ2n) is 24.5. The van der Waals surface area contributed by atoms with Crippen LogP contribution in [0.3, 0.4) is 0 Å². The number of alkyl halides is 4.